The highest BCUT2D eigenvalue weighted by molar-refractivity contribution is 7.12. The topological polar surface area (TPSA) is 15.3 Å². The summed E-state index contributed by atoms with van der Waals surface area (Å²) in [6.45, 7) is 5.03. The molecule has 0 spiro atoms. The third kappa shape index (κ3) is 2.80. The molecule has 1 aliphatic carbocycles. The van der Waals surface area contributed by atoms with Gasteiger partial charge in [0.15, 0.2) is 0 Å². The molecule has 2 fully saturated rings. The molecule has 3 aliphatic rings. The van der Waals surface area contributed by atoms with Gasteiger partial charge in [0.1, 0.15) is 0 Å². The average molecular weight is 305 g/mol. The molecule has 3 unspecified atom stereocenters. The molecule has 0 aromatic carbocycles. The van der Waals surface area contributed by atoms with Crippen molar-refractivity contribution in [3.63, 3.8) is 0 Å². The Balaban J connectivity index is 1.43. The van der Waals surface area contributed by atoms with E-state index in [1.165, 1.54) is 64.5 Å². The average Bonchev–Trinajstić information content (AvgIpc) is 3.11. The molecule has 4 rings (SSSR count). The molecule has 1 aromatic rings. The predicted octanol–water partition coefficient (Wildman–Crippen LogP) is 3.90. The van der Waals surface area contributed by atoms with Crippen LogP contribution in [0.3, 0.4) is 0 Å². The first kappa shape index (κ1) is 14.2. The second kappa shape index (κ2) is 6.02. The maximum Gasteiger partial charge on any atom is 0.0389 e. The lowest BCUT2D eigenvalue weighted by Gasteiger charge is -2.33. The first-order valence-electron chi connectivity index (χ1n) is 8.93. The molecule has 116 valence electrons. The summed E-state index contributed by atoms with van der Waals surface area (Å²) in [6, 6.07) is 4.58. The largest absolute Gasteiger partial charge is 0.305 e. The molecule has 2 nitrogen and oxygen atoms in total. The smallest absolute Gasteiger partial charge is 0.0389 e. The van der Waals surface area contributed by atoms with Gasteiger partial charge in [-0.05, 0) is 70.0 Å². The van der Waals surface area contributed by atoms with Crippen LogP contribution < -0.4 is 5.32 Å². The summed E-state index contributed by atoms with van der Waals surface area (Å²) in [7, 11) is 0. The number of fused-ring (bicyclic) bond motifs is 2. The molecule has 3 heterocycles. The number of hydrogen-bond acceptors (Lipinski definition) is 3. The van der Waals surface area contributed by atoms with E-state index in [1.807, 2.05) is 0 Å². The van der Waals surface area contributed by atoms with E-state index in [1.54, 1.807) is 15.3 Å². The molecule has 0 radical (unpaired) electrons. The van der Waals surface area contributed by atoms with Crippen molar-refractivity contribution in [2.24, 2.45) is 0 Å². The van der Waals surface area contributed by atoms with E-state index >= 15 is 0 Å². The van der Waals surface area contributed by atoms with Crippen LogP contribution in [0.25, 0.3) is 0 Å². The van der Waals surface area contributed by atoms with Crippen molar-refractivity contribution in [1.82, 2.24) is 10.2 Å². The summed E-state index contributed by atoms with van der Waals surface area (Å²) >= 11 is 2.08. The Morgan fingerprint density at radius 3 is 2.95 bits per heavy atom. The third-order valence-electron chi connectivity index (χ3n) is 5.76. The fraction of sp³-hybridized carbons (Fsp3) is 0.778. The minimum atomic E-state index is 0.535. The molecule has 21 heavy (non-hydrogen) atoms. The quantitative estimate of drug-likeness (QED) is 0.911. The Kier molecular flexibility index (Phi) is 4.08. The number of piperidine rings is 1. The van der Waals surface area contributed by atoms with E-state index in [9.17, 15) is 0 Å². The highest BCUT2D eigenvalue weighted by atomic mass is 32.1. The molecule has 1 N–H and O–H groups in total. The lowest BCUT2D eigenvalue weighted by atomic mass is 9.97. The predicted molar refractivity (Wildman–Crippen MR) is 90.1 cm³/mol. The van der Waals surface area contributed by atoms with Gasteiger partial charge in [-0.3, -0.25) is 4.90 Å². The van der Waals surface area contributed by atoms with Crippen molar-refractivity contribution < 1.29 is 0 Å². The summed E-state index contributed by atoms with van der Waals surface area (Å²) in [5.41, 5.74) is 1.65. The maximum atomic E-state index is 3.97. The SMILES string of the molecule is CC(NC1CCN2CCCCC12)c1cc2c(s1)CCCC2. The van der Waals surface area contributed by atoms with Crippen LogP contribution in [0.15, 0.2) is 6.07 Å². The van der Waals surface area contributed by atoms with Crippen LogP contribution in [-0.2, 0) is 12.8 Å². The van der Waals surface area contributed by atoms with E-state index in [0.717, 1.165) is 12.1 Å². The Morgan fingerprint density at radius 2 is 2.05 bits per heavy atom. The van der Waals surface area contributed by atoms with Crippen LogP contribution in [0.2, 0.25) is 0 Å². The first-order valence-corrected chi connectivity index (χ1v) is 9.74. The molecule has 0 saturated carbocycles. The van der Waals surface area contributed by atoms with Gasteiger partial charge in [0.2, 0.25) is 0 Å². The molecule has 1 aromatic heterocycles. The Labute approximate surface area is 132 Å². The maximum absolute atomic E-state index is 3.97. The summed E-state index contributed by atoms with van der Waals surface area (Å²) < 4.78 is 0. The molecule has 3 heteroatoms. The standard InChI is InChI=1S/C18H28N2S/c1-13(18-12-14-6-2-3-8-17(14)21-18)19-15-9-11-20-10-5-4-7-16(15)20/h12-13,15-16,19H,2-11H2,1H3. The first-order chi connectivity index (χ1) is 10.3. The van der Waals surface area contributed by atoms with Crippen LogP contribution in [0.4, 0.5) is 0 Å². The zero-order chi connectivity index (χ0) is 14.2. The van der Waals surface area contributed by atoms with Gasteiger partial charge in [0, 0.05) is 34.4 Å². The fourth-order valence-electron chi connectivity index (χ4n) is 4.57. The monoisotopic (exact) mass is 304 g/mol. The highest BCUT2D eigenvalue weighted by Gasteiger charge is 2.36. The highest BCUT2D eigenvalue weighted by Crippen LogP contribution is 2.34. The van der Waals surface area contributed by atoms with Gasteiger partial charge in [-0.15, -0.1) is 11.3 Å². The van der Waals surface area contributed by atoms with Gasteiger partial charge in [0.05, 0.1) is 0 Å². The van der Waals surface area contributed by atoms with E-state index in [0.29, 0.717) is 6.04 Å². The van der Waals surface area contributed by atoms with E-state index in [2.05, 4.69) is 34.5 Å². The summed E-state index contributed by atoms with van der Waals surface area (Å²) in [4.78, 5) is 5.99. The molecule has 3 atom stereocenters. The minimum absolute atomic E-state index is 0.535. The number of hydrogen-bond donors (Lipinski definition) is 1. The van der Waals surface area contributed by atoms with Gasteiger partial charge in [-0.1, -0.05) is 6.42 Å². The van der Waals surface area contributed by atoms with Crippen molar-refractivity contribution in [2.75, 3.05) is 13.1 Å². The van der Waals surface area contributed by atoms with Gasteiger partial charge in [-0.25, -0.2) is 0 Å². The van der Waals surface area contributed by atoms with Crippen LogP contribution in [0.5, 0.6) is 0 Å². The summed E-state index contributed by atoms with van der Waals surface area (Å²) in [5, 5.41) is 3.97. The van der Waals surface area contributed by atoms with Crippen LogP contribution in [-0.4, -0.2) is 30.1 Å². The van der Waals surface area contributed by atoms with E-state index in [4.69, 9.17) is 0 Å². The van der Waals surface area contributed by atoms with Gasteiger partial charge >= 0.3 is 0 Å². The Bertz CT molecular complexity index is 472. The van der Waals surface area contributed by atoms with E-state index in [-0.39, 0.29) is 0 Å². The molecule has 2 saturated heterocycles. The molecule has 0 bridgehead atoms. The fourth-order valence-corrected chi connectivity index (χ4v) is 5.84. The number of aryl methyl sites for hydroxylation is 2. The normalized spacial score (nSPS) is 30.9. The lowest BCUT2D eigenvalue weighted by Crippen LogP contribution is -2.45. The zero-order valence-corrected chi connectivity index (χ0v) is 14.1. The zero-order valence-electron chi connectivity index (χ0n) is 13.2. The van der Waals surface area contributed by atoms with Gasteiger partial charge < -0.3 is 5.32 Å². The van der Waals surface area contributed by atoms with Crippen molar-refractivity contribution in [1.29, 1.82) is 0 Å². The van der Waals surface area contributed by atoms with Crippen molar-refractivity contribution >= 4 is 11.3 Å². The molecular formula is C18H28N2S. The second-order valence-electron chi connectivity index (χ2n) is 7.19. The molecule has 0 amide bonds. The van der Waals surface area contributed by atoms with Gasteiger partial charge in [-0.2, -0.15) is 0 Å². The number of rotatable bonds is 3. The van der Waals surface area contributed by atoms with Gasteiger partial charge in [0.25, 0.3) is 0 Å². The van der Waals surface area contributed by atoms with Crippen molar-refractivity contribution in [3.8, 4) is 0 Å². The Morgan fingerprint density at radius 1 is 1.14 bits per heavy atom. The molecular weight excluding hydrogens is 276 g/mol. The summed E-state index contributed by atoms with van der Waals surface area (Å²) in [6.07, 6.45) is 11.0. The lowest BCUT2D eigenvalue weighted by molar-refractivity contribution is 0.177. The minimum Gasteiger partial charge on any atom is -0.305 e. The second-order valence-corrected chi connectivity index (χ2v) is 8.36. The number of nitrogens with one attached hydrogen (secondary N) is 1. The van der Waals surface area contributed by atoms with E-state index < -0.39 is 0 Å². The molecule has 2 aliphatic heterocycles. The van der Waals surface area contributed by atoms with Crippen molar-refractivity contribution in [3.05, 3.63) is 21.4 Å². The number of nitrogens with zero attached hydrogens (tertiary/aromatic N) is 1. The Hall–Kier alpha value is -0.380. The third-order valence-corrected chi connectivity index (χ3v) is 7.18. The number of thiophene rings is 1. The van der Waals surface area contributed by atoms with Crippen molar-refractivity contribution in [2.45, 2.75) is 76.4 Å². The van der Waals surface area contributed by atoms with Crippen LogP contribution in [0.1, 0.15) is 66.8 Å². The summed E-state index contributed by atoms with van der Waals surface area (Å²) in [5.74, 6) is 0. The van der Waals surface area contributed by atoms with Crippen LogP contribution in [0, 0.1) is 0 Å². The van der Waals surface area contributed by atoms with Crippen LogP contribution >= 0.6 is 11.3 Å².